The minimum atomic E-state index is -1.37. The maximum absolute atomic E-state index is 15.1. The fourth-order valence-electron chi connectivity index (χ4n) is 12.8. The number of aromatic amines is 1. The molecule has 0 fully saturated rings. The lowest BCUT2D eigenvalue weighted by Crippen LogP contribution is -2.62. The van der Waals surface area contributed by atoms with Crippen LogP contribution >= 0.6 is 0 Å². The van der Waals surface area contributed by atoms with Gasteiger partial charge in [-0.15, -0.1) is 0 Å². The minimum absolute atomic E-state index is 0.00928. The molecule has 0 aliphatic rings. The number of nitrogens with two attached hydrogens (primary N) is 7. The van der Waals surface area contributed by atoms with Gasteiger partial charge in [-0.25, -0.2) is 0 Å². The molecule has 110 heavy (non-hydrogen) atoms. The summed E-state index contributed by atoms with van der Waals surface area (Å²) in [6.07, 6.45) is 7.73. The first-order valence-corrected chi connectivity index (χ1v) is 39.8. The zero-order valence-electron chi connectivity index (χ0n) is 66.9. The number of hydrogen-bond acceptors (Lipinski definition) is 18. The topological polar surface area (TPSA) is 535 Å². The van der Waals surface area contributed by atoms with Crippen LogP contribution in [0.15, 0.2) is 60.8 Å². The number of para-hydroxylation sites is 1. The van der Waals surface area contributed by atoms with Crippen molar-refractivity contribution in [2.24, 2.45) is 69.7 Å². The maximum Gasteiger partial charge on any atom is 0.243 e. The molecule has 13 atom stereocenters. The molecule has 3 aromatic rings. The van der Waals surface area contributed by atoms with Crippen molar-refractivity contribution in [2.45, 2.75) is 277 Å². The molecule has 2 aromatic carbocycles. The number of nitrogens with one attached hydrogen (secondary N) is 12. The molecule has 31 nitrogen and oxygen atoms in total. The molecule has 618 valence electrons. The molecule has 0 saturated heterocycles. The molecule has 0 unspecified atom stereocenters. The van der Waals surface area contributed by atoms with Crippen molar-refractivity contribution in [3.63, 3.8) is 0 Å². The van der Waals surface area contributed by atoms with E-state index in [1.54, 1.807) is 57.3 Å². The van der Waals surface area contributed by atoms with Crippen LogP contribution in [-0.4, -0.2) is 181 Å². The zero-order chi connectivity index (χ0) is 82.0. The molecular weight excluding hydrogens is 1410 g/mol. The van der Waals surface area contributed by atoms with Gasteiger partial charge in [0.1, 0.15) is 66.5 Å². The first kappa shape index (κ1) is 95.6. The number of aromatic nitrogens is 1. The molecule has 1 heterocycles. The smallest absolute Gasteiger partial charge is 0.243 e. The van der Waals surface area contributed by atoms with Crippen LogP contribution in [0.4, 0.5) is 0 Å². The fraction of sp³-hybridized carbons (Fsp3) is 0.671. The first-order chi connectivity index (χ1) is 52.3. The number of benzene rings is 2. The average molecular weight is 1540 g/mol. The number of hydrogen-bond donors (Lipinski definition) is 19. The van der Waals surface area contributed by atoms with Crippen LogP contribution in [0.25, 0.3) is 10.9 Å². The molecule has 31 heteroatoms. The van der Waals surface area contributed by atoms with Gasteiger partial charge in [-0.1, -0.05) is 131 Å². The highest BCUT2D eigenvalue weighted by Gasteiger charge is 2.39. The number of primary amides is 1. The number of unbranched alkanes of at least 4 members (excludes halogenated alkanes) is 5. The van der Waals surface area contributed by atoms with Crippen molar-refractivity contribution in [3.8, 4) is 0 Å². The fourth-order valence-corrected chi connectivity index (χ4v) is 12.8. The van der Waals surface area contributed by atoms with Gasteiger partial charge in [0.2, 0.25) is 70.9 Å². The summed E-state index contributed by atoms with van der Waals surface area (Å²) in [7, 11) is 0. The van der Waals surface area contributed by atoms with E-state index in [2.05, 4.69) is 63.5 Å². The lowest BCUT2D eigenvalue weighted by Gasteiger charge is -2.30. The number of fused-ring (bicyclic) bond motifs is 1. The summed E-state index contributed by atoms with van der Waals surface area (Å²) in [6.45, 7) is 19.6. The van der Waals surface area contributed by atoms with Crippen molar-refractivity contribution in [2.75, 3.05) is 32.7 Å². The van der Waals surface area contributed by atoms with Gasteiger partial charge in [-0.2, -0.15) is 0 Å². The molecular formula is C79H135N19O12. The molecule has 0 saturated carbocycles. The SMILES string of the molecule is CC[C@H](C)[C@H](NC(=O)[C@H](CCCCN)NC(=O)[C@H](CCCCN)NC(=O)[C@H](Cc1ccccc1)NC(=O)[C@H](CC(C)C)NC(=O)[C@H](CCCCN)NC(=O)[C@H](Cc1c[nH]c2ccccc12)NC(=O)[C@@H](N)CCCCN)C(=O)N[C@@H](CC(C)C)C(=O)N[C@@H](CCCCN)C(=O)N[C@H](C(=O)N[C@@H](CC(C)C)C(N)=O)C(C)C. The van der Waals surface area contributed by atoms with E-state index in [9.17, 15) is 52.7 Å². The number of amides is 12. The van der Waals surface area contributed by atoms with E-state index < -0.39 is 155 Å². The van der Waals surface area contributed by atoms with Crippen molar-refractivity contribution in [1.29, 1.82) is 0 Å². The molecule has 12 amide bonds. The van der Waals surface area contributed by atoms with E-state index in [1.807, 2.05) is 72.7 Å². The van der Waals surface area contributed by atoms with Gasteiger partial charge >= 0.3 is 0 Å². The van der Waals surface area contributed by atoms with E-state index >= 15 is 4.79 Å². The molecule has 0 radical (unpaired) electrons. The summed E-state index contributed by atoms with van der Waals surface area (Å²) in [5.74, 6) is -9.88. The van der Waals surface area contributed by atoms with Gasteiger partial charge < -0.3 is 104 Å². The highest BCUT2D eigenvalue weighted by molar-refractivity contribution is 6.00. The summed E-state index contributed by atoms with van der Waals surface area (Å²) >= 11 is 0. The van der Waals surface area contributed by atoms with Crippen molar-refractivity contribution < 1.29 is 57.5 Å². The van der Waals surface area contributed by atoms with Gasteiger partial charge in [0.25, 0.3) is 0 Å². The second kappa shape index (κ2) is 51.8. The molecule has 3 rings (SSSR count). The Bertz CT molecular complexity index is 3340. The standard InChI is InChI=1S/C79H135N19O12/c1-11-51(10)67(79(110)96-63(43-49(6)7)74(105)91-59(34-20-25-39-83)72(103)97-66(50(8)9)78(109)92-61(68(86)99)41-47(2)3)98-73(104)60(35-21-26-40-84)88-70(101)57(32-18-23-37-81)89-76(107)64(44-52-27-13-12-14-28-52)95-75(106)62(42-48(4)5)94-71(102)58(33-19-24-38-82)90-77(108)65(93-69(100)55(85)30-17-22-36-80)45-53-46-87-56-31-16-15-29-54(53)56/h12-16,27-29,31,46-51,55,57-67,87H,11,17-26,30,32-45,80-85H2,1-10H3,(H2,86,99)(H,88,101)(H,89,107)(H,90,108)(H,91,105)(H,92,109)(H,93,100)(H,94,102)(H,95,106)(H,96,110)(H,97,103)(H,98,104)/t51-,55-,57-,58-,59-,60-,61-,62-,63-,64-,65-,66-,67-/m0/s1. The Hall–Kier alpha value is -8.62. The van der Waals surface area contributed by atoms with Gasteiger partial charge in [0.05, 0.1) is 6.04 Å². The van der Waals surface area contributed by atoms with Crippen LogP contribution in [0, 0.1) is 29.6 Å². The predicted molar refractivity (Wildman–Crippen MR) is 428 cm³/mol. The highest BCUT2D eigenvalue weighted by atomic mass is 16.2. The lowest BCUT2D eigenvalue weighted by molar-refractivity contribution is -0.137. The Kier molecular flexibility index (Phi) is 45.0. The van der Waals surface area contributed by atoms with Gasteiger partial charge in [0, 0.05) is 29.9 Å². The van der Waals surface area contributed by atoms with Crippen LogP contribution in [0.3, 0.4) is 0 Å². The molecule has 0 spiro atoms. The molecule has 0 aliphatic heterocycles. The Morgan fingerprint density at radius 3 is 1.10 bits per heavy atom. The van der Waals surface area contributed by atoms with Crippen molar-refractivity contribution >= 4 is 81.8 Å². The largest absolute Gasteiger partial charge is 0.368 e. The molecule has 26 N–H and O–H groups in total. The second-order valence-corrected chi connectivity index (χ2v) is 30.7. The third-order valence-corrected chi connectivity index (χ3v) is 19.4. The average Bonchev–Trinajstić information content (AvgIpc) is 1.65. The van der Waals surface area contributed by atoms with Crippen LogP contribution in [-0.2, 0) is 70.4 Å². The van der Waals surface area contributed by atoms with Crippen LogP contribution < -0.4 is 98.6 Å². The lowest BCUT2D eigenvalue weighted by atomic mass is 9.95. The van der Waals surface area contributed by atoms with E-state index in [0.717, 1.165) is 16.5 Å². The quantitative estimate of drug-likeness (QED) is 0.0357. The van der Waals surface area contributed by atoms with E-state index in [0.29, 0.717) is 95.7 Å². The van der Waals surface area contributed by atoms with E-state index in [4.69, 9.17) is 40.1 Å². The third kappa shape index (κ3) is 34.7. The first-order valence-electron chi connectivity index (χ1n) is 39.8. The van der Waals surface area contributed by atoms with Crippen LogP contribution in [0.2, 0.25) is 0 Å². The Labute approximate surface area is 650 Å². The van der Waals surface area contributed by atoms with E-state index in [1.165, 1.54) is 0 Å². The van der Waals surface area contributed by atoms with Crippen LogP contribution in [0.5, 0.6) is 0 Å². The highest BCUT2D eigenvalue weighted by Crippen LogP contribution is 2.21. The summed E-state index contributed by atoms with van der Waals surface area (Å²) in [5, 5.41) is 31.9. The normalized spacial score (nSPS) is 15.1. The van der Waals surface area contributed by atoms with Gasteiger partial charge in [-0.05, 0) is 189 Å². The summed E-state index contributed by atoms with van der Waals surface area (Å²) in [6, 6.07) is 1.81. The van der Waals surface area contributed by atoms with E-state index in [-0.39, 0.29) is 95.2 Å². The van der Waals surface area contributed by atoms with Crippen molar-refractivity contribution in [3.05, 3.63) is 71.9 Å². The third-order valence-electron chi connectivity index (χ3n) is 19.4. The maximum atomic E-state index is 15.1. The number of carbonyl (C=O) groups is 12. The van der Waals surface area contributed by atoms with Crippen molar-refractivity contribution in [1.82, 2.24) is 63.5 Å². The number of carbonyl (C=O) groups excluding carboxylic acids is 12. The minimum Gasteiger partial charge on any atom is -0.368 e. The summed E-state index contributed by atoms with van der Waals surface area (Å²) in [5.41, 5.74) is 43.5. The molecule has 1 aromatic heterocycles. The number of H-pyrrole nitrogens is 1. The predicted octanol–water partition coefficient (Wildman–Crippen LogP) is 1.58. The van der Waals surface area contributed by atoms with Crippen LogP contribution in [0.1, 0.15) is 202 Å². The van der Waals surface area contributed by atoms with Gasteiger partial charge in [0.15, 0.2) is 0 Å². The molecule has 0 bridgehead atoms. The number of rotatable bonds is 56. The Morgan fingerprint density at radius 2 is 0.682 bits per heavy atom. The van der Waals surface area contributed by atoms with Gasteiger partial charge in [-0.3, -0.25) is 57.5 Å². The second-order valence-electron chi connectivity index (χ2n) is 30.7. The monoisotopic (exact) mass is 1540 g/mol. The zero-order valence-corrected chi connectivity index (χ0v) is 66.9. The Morgan fingerprint density at radius 1 is 0.355 bits per heavy atom. The summed E-state index contributed by atoms with van der Waals surface area (Å²) < 4.78 is 0. The Balaban J connectivity index is 2.00. The summed E-state index contributed by atoms with van der Waals surface area (Å²) in [4.78, 5) is 176. The molecule has 0 aliphatic carbocycles.